The molecule has 2 rings (SSSR count). The molecule has 24 heavy (non-hydrogen) atoms. The average Bonchev–Trinajstić information content (AvgIpc) is 2.45. The SMILES string of the molecule is C=CCNc1ccc(S(=O)(=O)O)c2cc(S(=O)(=O)O)c(N)c(O)c12. The number of nitrogens with two attached hydrogens (primary N) is 1. The van der Waals surface area contributed by atoms with E-state index in [0.717, 1.165) is 12.1 Å². The van der Waals surface area contributed by atoms with E-state index in [4.69, 9.17) is 5.73 Å². The minimum absolute atomic E-state index is 0.128. The highest BCUT2D eigenvalue weighted by Gasteiger charge is 2.25. The highest BCUT2D eigenvalue weighted by atomic mass is 32.2. The highest BCUT2D eigenvalue weighted by molar-refractivity contribution is 7.86. The summed E-state index contributed by atoms with van der Waals surface area (Å²) in [5.41, 5.74) is 5.11. The summed E-state index contributed by atoms with van der Waals surface area (Å²) < 4.78 is 64.3. The largest absolute Gasteiger partial charge is 0.505 e. The van der Waals surface area contributed by atoms with Gasteiger partial charge in [-0.2, -0.15) is 16.8 Å². The molecule has 6 N–H and O–H groups in total. The molecule has 0 saturated heterocycles. The first-order valence-corrected chi connectivity index (χ1v) is 9.24. The van der Waals surface area contributed by atoms with Gasteiger partial charge in [0.15, 0.2) is 0 Å². The van der Waals surface area contributed by atoms with Crippen LogP contribution in [0.3, 0.4) is 0 Å². The topological polar surface area (TPSA) is 167 Å². The molecule has 0 fully saturated rings. The number of phenolic OH excluding ortho intramolecular Hbond substituents is 1. The molecule has 2 aromatic rings. The third-order valence-corrected chi connectivity index (χ3v) is 5.04. The second kappa shape index (κ2) is 5.94. The monoisotopic (exact) mass is 374 g/mol. The normalized spacial score (nSPS) is 12.2. The lowest BCUT2D eigenvalue weighted by atomic mass is 10.1. The van der Waals surface area contributed by atoms with Crippen molar-refractivity contribution in [1.29, 1.82) is 0 Å². The van der Waals surface area contributed by atoms with Crippen molar-refractivity contribution in [2.75, 3.05) is 17.6 Å². The van der Waals surface area contributed by atoms with Gasteiger partial charge in [0, 0.05) is 17.6 Å². The number of anilines is 2. The summed E-state index contributed by atoms with van der Waals surface area (Å²) in [6.45, 7) is 3.75. The Kier molecular flexibility index (Phi) is 4.46. The van der Waals surface area contributed by atoms with Crippen molar-refractivity contribution < 1.29 is 31.0 Å². The van der Waals surface area contributed by atoms with Gasteiger partial charge in [-0.3, -0.25) is 9.11 Å². The van der Waals surface area contributed by atoms with Gasteiger partial charge in [0.05, 0.1) is 11.1 Å². The Labute approximate surface area is 137 Å². The summed E-state index contributed by atoms with van der Waals surface area (Å²) in [5.74, 6) is -0.753. The molecule has 0 aromatic heterocycles. The zero-order chi connectivity index (χ0) is 18.3. The second-order valence-electron chi connectivity index (χ2n) is 4.79. The molecule has 0 heterocycles. The first kappa shape index (κ1) is 18.0. The van der Waals surface area contributed by atoms with Crippen LogP contribution in [-0.4, -0.2) is 37.6 Å². The van der Waals surface area contributed by atoms with Crippen LogP contribution in [0.15, 0.2) is 40.6 Å². The quantitative estimate of drug-likeness (QED) is 0.224. The summed E-state index contributed by atoms with van der Waals surface area (Å²) in [6, 6.07) is 3.05. The molecule has 0 saturated carbocycles. The fourth-order valence-electron chi connectivity index (χ4n) is 2.23. The van der Waals surface area contributed by atoms with E-state index in [-0.39, 0.29) is 23.0 Å². The van der Waals surface area contributed by atoms with E-state index in [1.807, 2.05) is 0 Å². The number of phenols is 1. The number of nitrogen functional groups attached to an aromatic ring is 1. The van der Waals surface area contributed by atoms with Crippen LogP contribution in [-0.2, 0) is 20.2 Å². The van der Waals surface area contributed by atoms with Gasteiger partial charge in [-0.1, -0.05) is 6.08 Å². The van der Waals surface area contributed by atoms with Gasteiger partial charge < -0.3 is 16.2 Å². The zero-order valence-electron chi connectivity index (χ0n) is 12.1. The van der Waals surface area contributed by atoms with Crippen molar-refractivity contribution in [2.45, 2.75) is 9.79 Å². The Bertz CT molecular complexity index is 1040. The molecular formula is C13H14N2O7S2. The maximum atomic E-state index is 11.5. The van der Waals surface area contributed by atoms with Crippen molar-refractivity contribution in [3.05, 3.63) is 30.9 Å². The van der Waals surface area contributed by atoms with Crippen molar-refractivity contribution in [3.63, 3.8) is 0 Å². The van der Waals surface area contributed by atoms with Gasteiger partial charge in [0.1, 0.15) is 15.5 Å². The Balaban J connectivity index is 3.05. The third-order valence-electron chi connectivity index (χ3n) is 3.23. The van der Waals surface area contributed by atoms with E-state index >= 15 is 0 Å². The number of hydrogen-bond acceptors (Lipinski definition) is 7. The average molecular weight is 374 g/mol. The van der Waals surface area contributed by atoms with Gasteiger partial charge in [-0.25, -0.2) is 0 Å². The number of nitrogens with one attached hydrogen (secondary N) is 1. The summed E-state index contributed by atoms with van der Waals surface area (Å²) in [6.07, 6.45) is 1.50. The first-order chi connectivity index (χ1) is 11.0. The number of hydrogen-bond donors (Lipinski definition) is 5. The standard InChI is InChI=1S/C13H14N2O7S2/c1-2-5-15-8-3-4-9(23(17,18)19)7-6-10(24(20,21)22)12(14)13(16)11(7)8/h2-4,6,15-16H,1,5,14H2,(H,17,18,19)(H,20,21,22). The number of fused-ring (bicyclic) bond motifs is 1. The molecule has 0 radical (unpaired) electrons. The van der Waals surface area contributed by atoms with E-state index in [9.17, 15) is 31.0 Å². The highest BCUT2D eigenvalue weighted by Crippen LogP contribution is 2.42. The molecule has 0 amide bonds. The fraction of sp³-hybridized carbons (Fsp3) is 0.0769. The Morgan fingerprint density at radius 1 is 1.12 bits per heavy atom. The van der Waals surface area contributed by atoms with Gasteiger partial charge >= 0.3 is 0 Å². The van der Waals surface area contributed by atoms with E-state index < -0.39 is 41.5 Å². The van der Waals surface area contributed by atoms with Crippen LogP contribution in [0.4, 0.5) is 11.4 Å². The van der Waals surface area contributed by atoms with Crippen LogP contribution in [0, 0.1) is 0 Å². The van der Waals surface area contributed by atoms with Crippen LogP contribution < -0.4 is 11.1 Å². The maximum absolute atomic E-state index is 11.5. The molecule has 9 nitrogen and oxygen atoms in total. The predicted octanol–water partition coefficient (Wildman–Crippen LogP) is 1.22. The fourth-order valence-corrected chi connectivity index (χ4v) is 3.55. The number of aromatic hydroxyl groups is 1. The van der Waals surface area contributed by atoms with Gasteiger partial charge in [-0.05, 0) is 18.2 Å². The third kappa shape index (κ3) is 3.14. The molecule has 0 spiro atoms. The molecular weight excluding hydrogens is 360 g/mol. The van der Waals surface area contributed by atoms with E-state index in [1.54, 1.807) is 0 Å². The van der Waals surface area contributed by atoms with Crippen LogP contribution in [0.25, 0.3) is 10.8 Å². The molecule has 0 atom stereocenters. The van der Waals surface area contributed by atoms with Crippen LogP contribution >= 0.6 is 0 Å². The Morgan fingerprint density at radius 3 is 2.21 bits per heavy atom. The van der Waals surface area contributed by atoms with Gasteiger partial charge in [0.2, 0.25) is 0 Å². The number of benzene rings is 2. The van der Waals surface area contributed by atoms with Crippen molar-refractivity contribution >= 4 is 42.4 Å². The van der Waals surface area contributed by atoms with Crippen LogP contribution in [0.1, 0.15) is 0 Å². The predicted molar refractivity (Wildman–Crippen MR) is 88.3 cm³/mol. The first-order valence-electron chi connectivity index (χ1n) is 6.36. The molecule has 0 aliphatic carbocycles. The Morgan fingerprint density at radius 2 is 1.71 bits per heavy atom. The lowest BCUT2D eigenvalue weighted by Gasteiger charge is -2.15. The summed E-state index contributed by atoms with van der Waals surface area (Å²) in [4.78, 5) is -1.53. The zero-order valence-corrected chi connectivity index (χ0v) is 13.7. The minimum Gasteiger partial charge on any atom is -0.505 e. The second-order valence-corrected chi connectivity index (χ2v) is 7.57. The molecule has 0 aliphatic heterocycles. The maximum Gasteiger partial charge on any atom is 0.296 e. The smallest absolute Gasteiger partial charge is 0.296 e. The lowest BCUT2D eigenvalue weighted by molar-refractivity contribution is 0.473. The number of rotatable bonds is 5. The molecule has 11 heteroatoms. The molecule has 0 bridgehead atoms. The van der Waals surface area contributed by atoms with E-state index in [0.29, 0.717) is 0 Å². The molecule has 130 valence electrons. The summed E-state index contributed by atoms with van der Waals surface area (Å²) in [7, 11) is -9.57. The summed E-state index contributed by atoms with van der Waals surface area (Å²) >= 11 is 0. The lowest BCUT2D eigenvalue weighted by Crippen LogP contribution is -2.07. The van der Waals surface area contributed by atoms with E-state index in [2.05, 4.69) is 11.9 Å². The Hall–Kier alpha value is -2.34. The molecule has 0 unspecified atom stereocenters. The van der Waals surface area contributed by atoms with Crippen molar-refractivity contribution in [1.82, 2.24) is 0 Å². The van der Waals surface area contributed by atoms with E-state index in [1.165, 1.54) is 12.1 Å². The summed E-state index contributed by atoms with van der Waals surface area (Å²) in [5, 5.41) is 12.6. The molecule has 0 aliphatic rings. The molecule has 2 aromatic carbocycles. The van der Waals surface area contributed by atoms with Crippen LogP contribution in [0.5, 0.6) is 5.75 Å². The van der Waals surface area contributed by atoms with Gasteiger partial charge in [0.25, 0.3) is 20.2 Å². The van der Waals surface area contributed by atoms with Crippen molar-refractivity contribution in [3.8, 4) is 5.75 Å². The van der Waals surface area contributed by atoms with Crippen molar-refractivity contribution in [2.24, 2.45) is 0 Å². The minimum atomic E-state index is -4.84. The van der Waals surface area contributed by atoms with Gasteiger partial charge in [-0.15, -0.1) is 6.58 Å². The van der Waals surface area contributed by atoms with Crippen LogP contribution in [0.2, 0.25) is 0 Å².